The number of nitrogens with zero attached hydrogens (tertiary/aromatic N) is 4. The second-order valence-electron chi connectivity index (χ2n) is 6.27. The molecule has 3 N–H and O–H groups in total. The monoisotopic (exact) mass is 335 g/mol. The first-order chi connectivity index (χ1) is 11.4. The van der Waals surface area contributed by atoms with E-state index in [0.717, 1.165) is 23.7 Å². The molecule has 130 valence electrons. The fourth-order valence-electron chi connectivity index (χ4n) is 2.83. The summed E-state index contributed by atoms with van der Waals surface area (Å²) in [4.78, 5) is 40.3. The van der Waals surface area contributed by atoms with E-state index in [1.807, 2.05) is 4.68 Å². The van der Waals surface area contributed by atoms with Crippen molar-refractivity contribution in [2.75, 3.05) is 6.54 Å². The minimum absolute atomic E-state index is 0.00853. The smallest absolute Gasteiger partial charge is 0.322 e. The summed E-state index contributed by atoms with van der Waals surface area (Å²) in [6.45, 7) is 4.08. The van der Waals surface area contributed by atoms with Crippen molar-refractivity contribution in [2.45, 2.75) is 51.2 Å². The number of urea groups is 1. The summed E-state index contributed by atoms with van der Waals surface area (Å²) < 4.78 is 1.81. The molecular weight excluding hydrogens is 314 g/mol. The van der Waals surface area contributed by atoms with Gasteiger partial charge in [0.2, 0.25) is 0 Å². The normalized spacial score (nSPS) is 26.2. The van der Waals surface area contributed by atoms with Crippen LogP contribution in [0.1, 0.15) is 32.5 Å². The number of fused-ring (bicyclic) bond motifs is 1. The van der Waals surface area contributed by atoms with E-state index in [4.69, 9.17) is 0 Å². The van der Waals surface area contributed by atoms with E-state index < -0.39 is 23.4 Å². The SMILES string of the molecule is CC[C@@]1(C)NC(=O)N(NC(=O)CN[C@H]2CCc3ncnn3C2)C1=O. The van der Waals surface area contributed by atoms with Crippen LogP contribution in [-0.4, -0.2) is 55.7 Å². The number of hydrogen-bond donors (Lipinski definition) is 3. The molecular formula is C14H21N7O3. The molecule has 10 heteroatoms. The van der Waals surface area contributed by atoms with Gasteiger partial charge in [0.15, 0.2) is 0 Å². The highest BCUT2D eigenvalue weighted by Gasteiger charge is 2.47. The lowest BCUT2D eigenvalue weighted by Gasteiger charge is -2.24. The van der Waals surface area contributed by atoms with E-state index in [1.165, 1.54) is 6.33 Å². The average Bonchev–Trinajstić information content (AvgIpc) is 3.11. The van der Waals surface area contributed by atoms with Crippen LogP contribution in [0, 0.1) is 0 Å². The Bertz CT molecular complexity index is 673. The van der Waals surface area contributed by atoms with Crippen LogP contribution in [0.4, 0.5) is 4.79 Å². The van der Waals surface area contributed by atoms with Crippen molar-refractivity contribution >= 4 is 17.8 Å². The molecule has 0 aliphatic carbocycles. The van der Waals surface area contributed by atoms with Crippen molar-refractivity contribution in [1.29, 1.82) is 0 Å². The Morgan fingerprint density at radius 3 is 3.00 bits per heavy atom. The number of nitrogens with one attached hydrogen (secondary N) is 3. The highest BCUT2D eigenvalue weighted by Crippen LogP contribution is 2.19. The Balaban J connectivity index is 1.50. The molecule has 0 unspecified atom stereocenters. The van der Waals surface area contributed by atoms with Gasteiger partial charge < -0.3 is 10.6 Å². The molecule has 2 atom stereocenters. The molecule has 1 aromatic heterocycles. The van der Waals surface area contributed by atoms with Gasteiger partial charge in [-0.15, -0.1) is 0 Å². The van der Waals surface area contributed by atoms with Gasteiger partial charge in [0.05, 0.1) is 13.1 Å². The van der Waals surface area contributed by atoms with E-state index >= 15 is 0 Å². The zero-order chi connectivity index (χ0) is 17.3. The third kappa shape index (κ3) is 2.96. The van der Waals surface area contributed by atoms with Gasteiger partial charge in [-0.25, -0.2) is 14.5 Å². The number of imide groups is 1. The van der Waals surface area contributed by atoms with Crippen molar-refractivity contribution in [2.24, 2.45) is 0 Å². The molecule has 4 amide bonds. The molecule has 0 spiro atoms. The van der Waals surface area contributed by atoms with Crippen molar-refractivity contribution < 1.29 is 14.4 Å². The number of aromatic nitrogens is 3. The van der Waals surface area contributed by atoms with Crippen LogP contribution in [0.15, 0.2) is 6.33 Å². The molecule has 0 saturated carbocycles. The average molecular weight is 335 g/mol. The number of carbonyl (C=O) groups is 3. The van der Waals surface area contributed by atoms with Gasteiger partial charge in [0.25, 0.3) is 11.8 Å². The van der Waals surface area contributed by atoms with E-state index in [-0.39, 0.29) is 12.6 Å². The Morgan fingerprint density at radius 2 is 2.29 bits per heavy atom. The molecule has 0 radical (unpaired) electrons. The third-order valence-corrected chi connectivity index (χ3v) is 4.56. The Hall–Kier alpha value is -2.49. The predicted octanol–water partition coefficient (Wildman–Crippen LogP) is -1.07. The summed E-state index contributed by atoms with van der Waals surface area (Å²) in [7, 11) is 0. The topological polar surface area (TPSA) is 121 Å². The van der Waals surface area contributed by atoms with Gasteiger partial charge in [-0.1, -0.05) is 6.92 Å². The lowest BCUT2D eigenvalue weighted by molar-refractivity contribution is -0.138. The van der Waals surface area contributed by atoms with Crippen LogP contribution in [-0.2, 0) is 22.6 Å². The minimum atomic E-state index is -0.968. The second kappa shape index (κ2) is 6.19. The first kappa shape index (κ1) is 16.4. The molecule has 3 rings (SSSR count). The van der Waals surface area contributed by atoms with E-state index in [1.54, 1.807) is 13.8 Å². The minimum Gasteiger partial charge on any atom is -0.322 e. The van der Waals surface area contributed by atoms with Crippen LogP contribution in [0.5, 0.6) is 0 Å². The van der Waals surface area contributed by atoms with Crippen LogP contribution in [0.2, 0.25) is 0 Å². The summed E-state index contributed by atoms with van der Waals surface area (Å²) in [5.41, 5.74) is 1.39. The van der Waals surface area contributed by atoms with Gasteiger partial charge in [0, 0.05) is 12.5 Å². The highest BCUT2D eigenvalue weighted by atomic mass is 16.2. The molecule has 24 heavy (non-hydrogen) atoms. The van der Waals surface area contributed by atoms with Gasteiger partial charge in [-0.05, 0) is 19.8 Å². The highest BCUT2D eigenvalue weighted by molar-refractivity contribution is 6.07. The standard InChI is InChI=1S/C14H21N7O3/c1-3-14(2)12(23)21(13(24)18-14)19-11(22)6-15-9-4-5-10-16-8-17-20(10)7-9/h8-9,15H,3-7H2,1-2H3,(H,18,24)(H,19,22)/t9-,14+/m0/s1. The predicted molar refractivity (Wildman–Crippen MR) is 82.4 cm³/mol. The second-order valence-corrected chi connectivity index (χ2v) is 6.27. The molecule has 2 aliphatic rings. The Kier molecular flexibility index (Phi) is 4.22. The first-order valence-corrected chi connectivity index (χ1v) is 7.99. The van der Waals surface area contributed by atoms with E-state index in [9.17, 15) is 14.4 Å². The molecule has 2 aliphatic heterocycles. The maximum atomic E-state index is 12.2. The maximum Gasteiger partial charge on any atom is 0.344 e. The van der Waals surface area contributed by atoms with Crippen molar-refractivity contribution in [3.8, 4) is 0 Å². The number of hydrazine groups is 1. The van der Waals surface area contributed by atoms with Crippen molar-refractivity contribution in [3.05, 3.63) is 12.2 Å². The van der Waals surface area contributed by atoms with Crippen LogP contribution in [0.3, 0.4) is 0 Å². The molecule has 0 bridgehead atoms. The fraction of sp³-hybridized carbons (Fsp3) is 0.643. The molecule has 10 nitrogen and oxygen atoms in total. The van der Waals surface area contributed by atoms with Gasteiger partial charge in [-0.3, -0.25) is 15.0 Å². The van der Waals surface area contributed by atoms with E-state index in [2.05, 4.69) is 26.1 Å². The maximum absolute atomic E-state index is 12.2. The zero-order valence-electron chi connectivity index (χ0n) is 13.7. The summed E-state index contributed by atoms with van der Waals surface area (Å²) >= 11 is 0. The number of rotatable bonds is 5. The van der Waals surface area contributed by atoms with E-state index in [0.29, 0.717) is 13.0 Å². The van der Waals surface area contributed by atoms with Crippen LogP contribution < -0.4 is 16.1 Å². The summed E-state index contributed by atoms with van der Waals surface area (Å²) in [6, 6.07) is -0.517. The molecule has 1 saturated heterocycles. The molecule has 3 heterocycles. The number of hydrogen-bond acceptors (Lipinski definition) is 6. The summed E-state index contributed by atoms with van der Waals surface area (Å²) in [5, 5.41) is 10.6. The largest absolute Gasteiger partial charge is 0.344 e. The van der Waals surface area contributed by atoms with Crippen LogP contribution >= 0.6 is 0 Å². The lowest BCUT2D eigenvalue weighted by atomic mass is 10.00. The summed E-state index contributed by atoms with van der Waals surface area (Å²) in [6.07, 6.45) is 3.61. The fourth-order valence-corrected chi connectivity index (χ4v) is 2.83. The van der Waals surface area contributed by atoms with Crippen LogP contribution in [0.25, 0.3) is 0 Å². The first-order valence-electron chi connectivity index (χ1n) is 7.99. The quantitative estimate of drug-likeness (QED) is 0.590. The van der Waals surface area contributed by atoms with Gasteiger partial charge in [-0.2, -0.15) is 10.1 Å². The third-order valence-electron chi connectivity index (χ3n) is 4.56. The molecule has 1 aromatic rings. The van der Waals surface area contributed by atoms with Gasteiger partial charge in [0.1, 0.15) is 17.7 Å². The summed E-state index contributed by atoms with van der Waals surface area (Å²) in [5.74, 6) is 0.0483. The Labute approximate surface area is 138 Å². The van der Waals surface area contributed by atoms with Gasteiger partial charge >= 0.3 is 6.03 Å². The van der Waals surface area contributed by atoms with Crippen molar-refractivity contribution in [1.82, 2.24) is 35.8 Å². The number of amides is 4. The Morgan fingerprint density at radius 1 is 1.50 bits per heavy atom. The molecule has 0 aromatic carbocycles. The lowest BCUT2D eigenvalue weighted by Crippen LogP contribution is -2.52. The number of carbonyl (C=O) groups excluding carboxylic acids is 3. The number of aryl methyl sites for hydroxylation is 1. The van der Waals surface area contributed by atoms with Crippen molar-refractivity contribution in [3.63, 3.8) is 0 Å². The molecule has 1 fully saturated rings. The zero-order valence-corrected chi connectivity index (χ0v) is 13.7.